The van der Waals surface area contributed by atoms with Crippen LogP contribution in [0.1, 0.15) is 50.9 Å². The molecule has 0 spiro atoms. The number of rotatable bonds is 11. The SMILES string of the molecule is CCCN(CCC)C(=O)c1cccc(NC(=O)CNc2cccc(OC(C)C)c2)c1. The van der Waals surface area contributed by atoms with E-state index in [1.165, 1.54) is 0 Å². The van der Waals surface area contributed by atoms with E-state index in [1.54, 1.807) is 24.3 Å². The van der Waals surface area contributed by atoms with Gasteiger partial charge < -0.3 is 20.3 Å². The number of anilines is 2. The highest BCUT2D eigenvalue weighted by Crippen LogP contribution is 2.18. The summed E-state index contributed by atoms with van der Waals surface area (Å²) in [6.07, 6.45) is 1.92. The molecule has 0 heterocycles. The second kappa shape index (κ2) is 11.9. The van der Waals surface area contributed by atoms with Gasteiger partial charge in [0.05, 0.1) is 12.6 Å². The van der Waals surface area contributed by atoms with Crippen LogP contribution in [-0.4, -0.2) is 42.5 Å². The number of carbonyl (C=O) groups is 2. The van der Waals surface area contributed by atoms with E-state index in [0.29, 0.717) is 11.3 Å². The van der Waals surface area contributed by atoms with Crippen molar-refractivity contribution >= 4 is 23.2 Å². The Morgan fingerprint density at radius 1 is 0.967 bits per heavy atom. The summed E-state index contributed by atoms with van der Waals surface area (Å²) in [6, 6.07) is 14.6. The Morgan fingerprint density at radius 3 is 2.30 bits per heavy atom. The zero-order chi connectivity index (χ0) is 21.9. The summed E-state index contributed by atoms with van der Waals surface area (Å²) in [5, 5.41) is 5.95. The van der Waals surface area contributed by atoms with E-state index in [9.17, 15) is 9.59 Å². The molecule has 0 unspecified atom stereocenters. The van der Waals surface area contributed by atoms with Gasteiger partial charge in [0, 0.05) is 36.1 Å². The van der Waals surface area contributed by atoms with Gasteiger partial charge in [-0.2, -0.15) is 0 Å². The van der Waals surface area contributed by atoms with Crippen LogP contribution in [0.15, 0.2) is 48.5 Å². The first-order valence-electron chi connectivity index (χ1n) is 10.6. The fraction of sp³-hybridized carbons (Fsp3) is 0.417. The quantitative estimate of drug-likeness (QED) is 0.558. The Labute approximate surface area is 179 Å². The smallest absolute Gasteiger partial charge is 0.253 e. The number of benzene rings is 2. The molecular formula is C24H33N3O3. The average Bonchev–Trinajstić information content (AvgIpc) is 2.71. The molecule has 2 amide bonds. The first-order valence-corrected chi connectivity index (χ1v) is 10.6. The molecule has 30 heavy (non-hydrogen) atoms. The van der Waals surface area contributed by atoms with Gasteiger partial charge >= 0.3 is 0 Å². The number of nitrogens with zero attached hydrogens (tertiary/aromatic N) is 1. The molecule has 2 rings (SSSR count). The topological polar surface area (TPSA) is 70.7 Å². The lowest BCUT2D eigenvalue weighted by Gasteiger charge is -2.21. The monoisotopic (exact) mass is 411 g/mol. The summed E-state index contributed by atoms with van der Waals surface area (Å²) < 4.78 is 5.67. The number of hydrogen-bond acceptors (Lipinski definition) is 4. The number of amides is 2. The fourth-order valence-corrected chi connectivity index (χ4v) is 3.11. The van der Waals surface area contributed by atoms with Gasteiger partial charge in [0.1, 0.15) is 5.75 Å². The molecule has 0 fully saturated rings. The molecule has 0 bridgehead atoms. The molecule has 0 saturated heterocycles. The molecule has 0 radical (unpaired) electrons. The van der Waals surface area contributed by atoms with Crippen molar-refractivity contribution in [2.24, 2.45) is 0 Å². The van der Waals surface area contributed by atoms with E-state index in [4.69, 9.17) is 4.74 Å². The molecule has 6 nitrogen and oxygen atoms in total. The van der Waals surface area contributed by atoms with Gasteiger partial charge in [0.15, 0.2) is 0 Å². The third-order valence-electron chi connectivity index (χ3n) is 4.33. The number of nitrogens with one attached hydrogen (secondary N) is 2. The van der Waals surface area contributed by atoms with Crippen molar-refractivity contribution in [3.05, 3.63) is 54.1 Å². The molecule has 2 aromatic rings. The average molecular weight is 412 g/mol. The summed E-state index contributed by atoms with van der Waals surface area (Å²) in [6.45, 7) is 9.63. The highest BCUT2D eigenvalue weighted by Gasteiger charge is 2.15. The zero-order valence-electron chi connectivity index (χ0n) is 18.4. The molecular weight excluding hydrogens is 378 g/mol. The Balaban J connectivity index is 1.96. The van der Waals surface area contributed by atoms with Gasteiger partial charge in [0.25, 0.3) is 5.91 Å². The number of carbonyl (C=O) groups excluding carboxylic acids is 2. The maximum atomic E-state index is 12.8. The largest absolute Gasteiger partial charge is 0.491 e. The number of hydrogen-bond donors (Lipinski definition) is 2. The highest BCUT2D eigenvalue weighted by atomic mass is 16.5. The molecule has 0 aliphatic rings. The minimum absolute atomic E-state index is 0.00473. The van der Waals surface area contributed by atoms with Crippen LogP contribution in [0.5, 0.6) is 5.75 Å². The van der Waals surface area contributed by atoms with E-state index in [0.717, 1.165) is 37.4 Å². The normalized spacial score (nSPS) is 10.6. The van der Waals surface area contributed by atoms with Crippen LogP contribution in [0.3, 0.4) is 0 Å². The van der Waals surface area contributed by atoms with Crippen molar-refractivity contribution in [3.63, 3.8) is 0 Å². The molecule has 0 atom stereocenters. The van der Waals surface area contributed by atoms with Crippen molar-refractivity contribution in [1.82, 2.24) is 4.90 Å². The van der Waals surface area contributed by atoms with Gasteiger partial charge in [0.2, 0.25) is 5.91 Å². The van der Waals surface area contributed by atoms with Crippen LogP contribution in [0.4, 0.5) is 11.4 Å². The van der Waals surface area contributed by atoms with Crippen LogP contribution in [0, 0.1) is 0 Å². The van der Waals surface area contributed by atoms with Crippen LogP contribution in [-0.2, 0) is 4.79 Å². The summed E-state index contributed by atoms with van der Waals surface area (Å²) in [7, 11) is 0. The van der Waals surface area contributed by atoms with Gasteiger partial charge in [-0.3, -0.25) is 9.59 Å². The minimum Gasteiger partial charge on any atom is -0.491 e. The third-order valence-corrected chi connectivity index (χ3v) is 4.33. The lowest BCUT2D eigenvalue weighted by Crippen LogP contribution is -2.32. The molecule has 2 N–H and O–H groups in total. The number of ether oxygens (including phenoxy) is 1. The molecule has 0 saturated carbocycles. The van der Waals surface area contributed by atoms with E-state index in [1.807, 2.05) is 43.0 Å². The molecule has 6 heteroatoms. The highest BCUT2D eigenvalue weighted by molar-refractivity contribution is 5.98. The first kappa shape index (κ1) is 23.3. The van der Waals surface area contributed by atoms with E-state index < -0.39 is 0 Å². The second-order valence-corrected chi connectivity index (χ2v) is 7.47. The van der Waals surface area contributed by atoms with E-state index in [-0.39, 0.29) is 24.5 Å². The van der Waals surface area contributed by atoms with Crippen molar-refractivity contribution in [2.75, 3.05) is 30.3 Å². The Morgan fingerprint density at radius 2 is 1.63 bits per heavy atom. The zero-order valence-corrected chi connectivity index (χ0v) is 18.4. The summed E-state index contributed by atoms with van der Waals surface area (Å²) in [5.41, 5.74) is 2.00. The van der Waals surface area contributed by atoms with Crippen LogP contribution < -0.4 is 15.4 Å². The van der Waals surface area contributed by atoms with Crippen molar-refractivity contribution in [2.45, 2.75) is 46.6 Å². The van der Waals surface area contributed by atoms with Crippen molar-refractivity contribution in [1.29, 1.82) is 0 Å². The van der Waals surface area contributed by atoms with E-state index in [2.05, 4.69) is 24.5 Å². The molecule has 0 aliphatic heterocycles. The fourth-order valence-electron chi connectivity index (χ4n) is 3.11. The Kier molecular flexibility index (Phi) is 9.19. The van der Waals surface area contributed by atoms with Gasteiger partial charge in [-0.05, 0) is 57.0 Å². The van der Waals surface area contributed by atoms with Gasteiger partial charge in [-0.15, -0.1) is 0 Å². The summed E-state index contributed by atoms with van der Waals surface area (Å²) >= 11 is 0. The summed E-state index contributed by atoms with van der Waals surface area (Å²) in [4.78, 5) is 27.0. The van der Waals surface area contributed by atoms with Crippen molar-refractivity contribution in [3.8, 4) is 5.75 Å². The maximum Gasteiger partial charge on any atom is 0.253 e. The molecule has 2 aromatic carbocycles. The summed E-state index contributed by atoms with van der Waals surface area (Å²) in [5.74, 6) is 0.564. The minimum atomic E-state index is -0.186. The molecule has 0 aromatic heterocycles. The van der Waals surface area contributed by atoms with Crippen LogP contribution in [0.2, 0.25) is 0 Å². The lowest BCUT2D eigenvalue weighted by atomic mass is 10.1. The van der Waals surface area contributed by atoms with Crippen LogP contribution >= 0.6 is 0 Å². The maximum absolute atomic E-state index is 12.8. The first-order chi connectivity index (χ1) is 14.4. The van der Waals surface area contributed by atoms with E-state index >= 15 is 0 Å². The lowest BCUT2D eigenvalue weighted by molar-refractivity contribution is -0.114. The third kappa shape index (κ3) is 7.43. The molecule has 162 valence electrons. The second-order valence-electron chi connectivity index (χ2n) is 7.47. The molecule has 0 aliphatic carbocycles. The van der Waals surface area contributed by atoms with Crippen LogP contribution in [0.25, 0.3) is 0 Å². The van der Waals surface area contributed by atoms with Gasteiger partial charge in [-0.1, -0.05) is 26.0 Å². The Bertz CT molecular complexity index is 830. The standard InChI is InChI=1S/C24H33N3O3/c1-5-13-27(14-6-2)24(29)19-9-7-11-21(15-19)26-23(28)17-25-20-10-8-12-22(16-20)30-18(3)4/h7-12,15-16,18,25H,5-6,13-14,17H2,1-4H3,(H,26,28). The Hall–Kier alpha value is -3.02. The predicted molar refractivity (Wildman–Crippen MR) is 122 cm³/mol. The predicted octanol–water partition coefficient (Wildman–Crippen LogP) is 4.79. The van der Waals surface area contributed by atoms with Gasteiger partial charge in [-0.25, -0.2) is 0 Å². The van der Waals surface area contributed by atoms with Crippen molar-refractivity contribution < 1.29 is 14.3 Å².